The van der Waals surface area contributed by atoms with Crippen molar-refractivity contribution in [2.45, 2.75) is 12.6 Å². The van der Waals surface area contributed by atoms with Gasteiger partial charge in [0.2, 0.25) is 0 Å². The maximum atomic E-state index is 12.8. The van der Waals surface area contributed by atoms with Gasteiger partial charge in [-0.2, -0.15) is 13.2 Å². The predicted octanol–water partition coefficient (Wildman–Crippen LogP) is 6.62. The van der Waals surface area contributed by atoms with Crippen molar-refractivity contribution in [1.82, 2.24) is 0 Å². The molecule has 112 valence electrons. The van der Waals surface area contributed by atoms with Gasteiger partial charge in [0.05, 0.1) is 15.6 Å². The minimum Gasteiger partial charge on any atom is -0.205 e. The second-order valence-electron chi connectivity index (χ2n) is 4.27. The van der Waals surface area contributed by atoms with E-state index < -0.39 is 23.7 Å². The van der Waals surface area contributed by atoms with E-state index in [9.17, 15) is 22.0 Å². The van der Waals surface area contributed by atoms with Crippen molar-refractivity contribution in [3.8, 4) is 11.1 Å². The maximum absolute atomic E-state index is 12.8. The van der Waals surface area contributed by atoms with Crippen LogP contribution in [-0.4, -0.2) is 0 Å². The Morgan fingerprint density at radius 3 is 2.00 bits per heavy atom. The molecule has 2 rings (SSSR count). The lowest BCUT2D eigenvalue weighted by Gasteiger charge is -2.12. The van der Waals surface area contributed by atoms with E-state index in [4.69, 9.17) is 23.2 Å². The first-order valence-corrected chi connectivity index (χ1v) is 6.40. The SMILES string of the molecule is FC(F)c1cc(-c2ccc(Cl)c(Cl)c2)cc(C(F)(F)F)c1. The van der Waals surface area contributed by atoms with Gasteiger partial charge in [0.15, 0.2) is 0 Å². The van der Waals surface area contributed by atoms with E-state index in [2.05, 4.69) is 0 Å². The molecule has 7 heteroatoms. The molecule has 2 aromatic carbocycles. The van der Waals surface area contributed by atoms with Crippen LogP contribution in [0, 0.1) is 0 Å². The van der Waals surface area contributed by atoms with Crippen molar-refractivity contribution < 1.29 is 22.0 Å². The fourth-order valence-electron chi connectivity index (χ4n) is 1.78. The second-order valence-corrected chi connectivity index (χ2v) is 5.09. The fourth-order valence-corrected chi connectivity index (χ4v) is 2.08. The van der Waals surface area contributed by atoms with Crippen LogP contribution >= 0.6 is 23.2 Å². The molecular formula is C14H7Cl2F5. The molecule has 0 aliphatic heterocycles. The van der Waals surface area contributed by atoms with Crippen LogP contribution in [0.5, 0.6) is 0 Å². The lowest BCUT2D eigenvalue weighted by molar-refractivity contribution is -0.137. The Balaban J connectivity index is 2.62. The van der Waals surface area contributed by atoms with Gasteiger partial charge < -0.3 is 0 Å². The lowest BCUT2D eigenvalue weighted by Crippen LogP contribution is -2.06. The largest absolute Gasteiger partial charge is 0.416 e. The van der Waals surface area contributed by atoms with E-state index >= 15 is 0 Å². The molecule has 0 spiro atoms. The van der Waals surface area contributed by atoms with Crippen LogP contribution in [0.2, 0.25) is 10.0 Å². The van der Waals surface area contributed by atoms with Crippen molar-refractivity contribution in [3.05, 3.63) is 57.6 Å². The van der Waals surface area contributed by atoms with Crippen molar-refractivity contribution in [1.29, 1.82) is 0 Å². The summed E-state index contributed by atoms with van der Waals surface area (Å²) in [6.45, 7) is 0. The van der Waals surface area contributed by atoms with Crippen LogP contribution in [-0.2, 0) is 6.18 Å². The Bertz CT molecular complexity index is 665. The Labute approximate surface area is 127 Å². The van der Waals surface area contributed by atoms with Gasteiger partial charge >= 0.3 is 6.18 Å². The number of benzene rings is 2. The average molecular weight is 341 g/mol. The molecule has 0 saturated heterocycles. The normalized spacial score (nSPS) is 12.0. The lowest BCUT2D eigenvalue weighted by atomic mass is 9.99. The van der Waals surface area contributed by atoms with Crippen molar-refractivity contribution in [3.63, 3.8) is 0 Å². The summed E-state index contributed by atoms with van der Waals surface area (Å²) in [6.07, 6.45) is -7.72. The van der Waals surface area contributed by atoms with Crippen LogP contribution in [0.3, 0.4) is 0 Å². The van der Waals surface area contributed by atoms with Gasteiger partial charge in [0, 0.05) is 5.56 Å². The molecule has 0 radical (unpaired) electrons. The van der Waals surface area contributed by atoms with Gasteiger partial charge in [-0.15, -0.1) is 0 Å². The molecule has 0 heterocycles. The summed E-state index contributed by atoms with van der Waals surface area (Å²) in [6, 6.07) is 6.37. The first kappa shape index (κ1) is 16.0. The van der Waals surface area contributed by atoms with Gasteiger partial charge in [0.25, 0.3) is 6.43 Å². The molecular weight excluding hydrogens is 334 g/mol. The third-order valence-electron chi connectivity index (χ3n) is 2.79. The van der Waals surface area contributed by atoms with E-state index in [1.54, 1.807) is 0 Å². The van der Waals surface area contributed by atoms with Crippen LogP contribution in [0.4, 0.5) is 22.0 Å². The number of halogens is 7. The first-order chi connectivity index (χ1) is 9.68. The number of hydrogen-bond acceptors (Lipinski definition) is 0. The molecule has 0 amide bonds. The fraction of sp³-hybridized carbons (Fsp3) is 0.143. The summed E-state index contributed by atoms with van der Waals surface area (Å²) < 4.78 is 63.9. The van der Waals surface area contributed by atoms with E-state index in [0.29, 0.717) is 6.07 Å². The average Bonchev–Trinajstić information content (AvgIpc) is 2.40. The third kappa shape index (κ3) is 3.66. The summed E-state index contributed by atoms with van der Waals surface area (Å²) in [5.74, 6) is 0. The highest BCUT2D eigenvalue weighted by molar-refractivity contribution is 6.42. The van der Waals surface area contributed by atoms with E-state index in [1.165, 1.54) is 18.2 Å². The minimum atomic E-state index is -4.71. The van der Waals surface area contributed by atoms with Gasteiger partial charge in [-0.05, 0) is 41.5 Å². The Hall–Kier alpha value is -1.33. The Morgan fingerprint density at radius 1 is 0.810 bits per heavy atom. The molecule has 0 atom stereocenters. The smallest absolute Gasteiger partial charge is 0.205 e. The molecule has 0 saturated carbocycles. The van der Waals surface area contributed by atoms with E-state index in [0.717, 1.165) is 12.1 Å². The van der Waals surface area contributed by atoms with Crippen LogP contribution < -0.4 is 0 Å². The highest BCUT2D eigenvalue weighted by atomic mass is 35.5. The Kier molecular flexibility index (Phi) is 4.44. The quantitative estimate of drug-likeness (QED) is 0.539. The molecule has 0 aliphatic carbocycles. The molecule has 0 N–H and O–H groups in total. The Morgan fingerprint density at radius 2 is 1.48 bits per heavy atom. The second kappa shape index (κ2) is 5.81. The van der Waals surface area contributed by atoms with Gasteiger partial charge in [0.1, 0.15) is 0 Å². The van der Waals surface area contributed by atoms with Gasteiger partial charge in [-0.3, -0.25) is 0 Å². The molecule has 0 aliphatic rings. The summed E-state index contributed by atoms with van der Waals surface area (Å²) in [4.78, 5) is 0. The predicted molar refractivity (Wildman–Crippen MR) is 71.9 cm³/mol. The van der Waals surface area contributed by atoms with Crippen LogP contribution in [0.1, 0.15) is 17.6 Å². The van der Waals surface area contributed by atoms with Crippen molar-refractivity contribution in [2.75, 3.05) is 0 Å². The molecule has 21 heavy (non-hydrogen) atoms. The van der Waals surface area contributed by atoms with E-state index in [1.807, 2.05) is 0 Å². The zero-order valence-corrected chi connectivity index (χ0v) is 11.7. The highest BCUT2D eigenvalue weighted by Gasteiger charge is 2.32. The highest BCUT2D eigenvalue weighted by Crippen LogP contribution is 2.37. The van der Waals surface area contributed by atoms with Crippen LogP contribution in [0.25, 0.3) is 11.1 Å². The van der Waals surface area contributed by atoms with Crippen molar-refractivity contribution in [2.24, 2.45) is 0 Å². The monoisotopic (exact) mass is 340 g/mol. The van der Waals surface area contributed by atoms with E-state index in [-0.39, 0.29) is 21.2 Å². The molecule has 0 unspecified atom stereocenters. The standard InChI is InChI=1S/C14H7Cl2F5/c15-11-2-1-7(6-12(11)16)8-3-9(13(17)18)5-10(4-8)14(19,20)21/h1-6,13H. The zero-order valence-electron chi connectivity index (χ0n) is 10.2. The van der Waals surface area contributed by atoms with Gasteiger partial charge in [-0.1, -0.05) is 29.3 Å². The molecule has 0 nitrogen and oxygen atoms in total. The zero-order chi connectivity index (χ0) is 15.8. The summed E-state index contributed by atoms with van der Waals surface area (Å²) in [5.41, 5.74) is -1.57. The molecule has 0 fully saturated rings. The first-order valence-electron chi connectivity index (χ1n) is 5.64. The molecule has 0 bridgehead atoms. The minimum absolute atomic E-state index is 0.00121. The van der Waals surface area contributed by atoms with Crippen LogP contribution in [0.15, 0.2) is 36.4 Å². The summed E-state index contributed by atoms with van der Waals surface area (Å²) in [5, 5.41) is 0.353. The molecule has 0 aromatic heterocycles. The topological polar surface area (TPSA) is 0 Å². The maximum Gasteiger partial charge on any atom is 0.416 e. The summed E-state index contributed by atoms with van der Waals surface area (Å²) >= 11 is 11.5. The van der Waals surface area contributed by atoms with Crippen molar-refractivity contribution >= 4 is 23.2 Å². The number of rotatable bonds is 2. The van der Waals surface area contributed by atoms with Gasteiger partial charge in [-0.25, -0.2) is 8.78 Å². The number of hydrogen-bond donors (Lipinski definition) is 0. The summed E-state index contributed by atoms with van der Waals surface area (Å²) in [7, 11) is 0. The third-order valence-corrected chi connectivity index (χ3v) is 3.53. The number of alkyl halides is 5. The molecule has 2 aromatic rings.